The summed E-state index contributed by atoms with van der Waals surface area (Å²) in [7, 11) is -4.34. The fourth-order valence-corrected chi connectivity index (χ4v) is 6.14. The number of hydrogen-bond acceptors (Lipinski definition) is 4. The van der Waals surface area contributed by atoms with Crippen molar-refractivity contribution >= 4 is 16.0 Å². The first-order chi connectivity index (χ1) is 20.8. The van der Waals surface area contributed by atoms with Crippen molar-refractivity contribution < 1.29 is 22.9 Å². The van der Waals surface area contributed by atoms with Gasteiger partial charge in [0.1, 0.15) is 0 Å². The molecule has 0 radical (unpaired) electrons. The molecule has 0 saturated carbocycles. The number of amides is 1. The molecule has 0 bridgehead atoms. The van der Waals surface area contributed by atoms with E-state index in [1.807, 2.05) is 0 Å². The summed E-state index contributed by atoms with van der Waals surface area (Å²) in [6.45, 7) is 4.47. The van der Waals surface area contributed by atoms with Crippen LogP contribution in [0.15, 0.2) is 24.3 Å². The van der Waals surface area contributed by atoms with Crippen molar-refractivity contribution in [3.63, 3.8) is 0 Å². The maximum atomic E-state index is 12.4. The third kappa shape index (κ3) is 32.0. The van der Waals surface area contributed by atoms with Crippen LogP contribution >= 0.6 is 0 Å². The molecule has 0 saturated heterocycles. The number of allylic oxidation sites excluding steroid dienone is 3. The van der Waals surface area contributed by atoms with E-state index in [0.717, 1.165) is 32.1 Å². The van der Waals surface area contributed by atoms with Crippen LogP contribution in [0, 0.1) is 0 Å². The number of aliphatic hydroxyl groups is 1. The Morgan fingerprint density at radius 2 is 1.00 bits per heavy atom. The van der Waals surface area contributed by atoms with E-state index in [-0.39, 0.29) is 5.91 Å². The summed E-state index contributed by atoms with van der Waals surface area (Å²) < 4.78 is 32.2. The minimum atomic E-state index is -4.34. The molecule has 0 fully saturated rings. The van der Waals surface area contributed by atoms with Gasteiger partial charge >= 0.3 is 0 Å². The van der Waals surface area contributed by atoms with Gasteiger partial charge in [0.15, 0.2) is 0 Å². The van der Waals surface area contributed by atoms with E-state index >= 15 is 0 Å². The second kappa shape index (κ2) is 30.8. The number of aliphatic hydroxyl groups excluding tert-OH is 1. The van der Waals surface area contributed by atoms with E-state index in [4.69, 9.17) is 0 Å². The van der Waals surface area contributed by atoms with Gasteiger partial charge in [0.2, 0.25) is 5.91 Å². The van der Waals surface area contributed by atoms with Gasteiger partial charge in [-0.1, -0.05) is 167 Å². The highest BCUT2D eigenvalue weighted by Gasteiger charge is 2.24. The maximum absolute atomic E-state index is 12.4. The van der Waals surface area contributed by atoms with E-state index < -0.39 is 28.0 Å². The molecule has 0 rings (SSSR count). The van der Waals surface area contributed by atoms with Crippen LogP contribution < -0.4 is 5.32 Å². The molecular weight excluding hydrogens is 558 g/mol. The molecule has 0 aliphatic rings. The summed E-state index contributed by atoms with van der Waals surface area (Å²) in [5.41, 5.74) is 0. The number of carbonyl (C=O) groups is 1. The molecule has 6 nitrogen and oxygen atoms in total. The van der Waals surface area contributed by atoms with E-state index in [9.17, 15) is 22.9 Å². The number of nitrogens with one attached hydrogen (secondary N) is 1. The minimum Gasteiger partial charge on any atom is -0.387 e. The monoisotopic (exact) mass is 627 g/mol. The second-order valence-corrected chi connectivity index (χ2v) is 14.0. The minimum absolute atomic E-state index is 0.288. The Morgan fingerprint density at radius 1 is 0.605 bits per heavy atom. The van der Waals surface area contributed by atoms with E-state index in [1.165, 1.54) is 128 Å². The van der Waals surface area contributed by atoms with Gasteiger partial charge in [0.05, 0.1) is 17.9 Å². The van der Waals surface area contributed by atoms with E-state index in [2.05, 4.69) is 31.3 Å². The smallest absolute Gasteiger partial charge is 0.267 e. The first-order valence-electron chi connectivity index (χ1n) is 18.0. The summed E-state index contributed by atoms with van der Waals surface area (Å²) in [6, 6.07) is -1.07. The van der Waals surface area contributed by atoms with Crippen molar-refractivity contribution in [2.75, 3.05) is 5.75 Å². The van der Waals surface area contributed by atoms with E-state index in [0.29, 0.717) is 12.8 Å². The summed E-state index contributed by atoms with van der Waals surface area (Å²) >= 11 is 0. The van der Waals surface area contributed by atoms with Crippen LogP contribution in [0.25, 0.3) is 0 Å². The number of carbonyl (C=O) groups excluding carboxylic acids is 1. The summed E-state index contributed by atoms with van der Waals surface area (Å²) in [4.78, 5) is 12.4. The molecule has 0 heterocycles. The van der Waals surface area contributed by atoms with Crippen LogP contribution in [0.4, 0.5) is 0 Å². The average molecular weight is 628 g/mol. The Kier molecular flexibility index (Phi) is 30.0. The molecule has 0 aliphatic heterocycles. The predicted molar refractivity (Wildman–Crippen MR) is 184 cm³/mol. The van der Waals surface area contributed by atoms with Crippen LogP contribution in [0.1, 0.15) is 181 Å². The summed E-state index contributed by atoms with van der Waals surface area (Å²) in [6.07, 6.45) is 37.4. The zero-order valence-corrected chi connectivity index (χ0v) is 28.9. The van der Waals surface area contributed by atoms with Gasteiger partial charge in [0.25, 0.3) is 10.1 Å². The molecule has 0 aromatic rings. The highest BCUT2D eigenvalue weighted by molar-refractivity contribution is 7.85. The second-order valence-electron chi connectivity index (χ2n) is 12.5. The van der Waals surface area contributed by atoms with Gasteiger partial charge in [-0.05, 0) is 32.1 Å². The van der Waals surface area contributed by atoms with Gasteiger partial charge < -0.3 is 10.4 Å². The van der Waals surface area contributed by atoms with Crippen LogP contribution in [0.2, 0.25) is 0 Å². The molecule has 0 aromatic heterocycles. The number of rotatable bonds is 32. The van der Waals surface area contributed by atoms with Gasteiger partial charge in [0, 0.05) is 6.42 Å². The third-order valence-corrected chi connectivity index (χ3v) is 8.91. The lowest BCUT2D eigenvalue weighted by molar-refractivity contribution is -0.122. The molecule has 1 amide bonds. The lowest BCUT2D eigenvalue weighted by Crippen LogP contribution is -2.46. The summed E-state index contributed by atoms with van der Waals surface area (Å²) in [5, 5.41) is 13.1. The molecule has 2 unspecified atom stereocenters. The predicted octanol–water partition coefficient (Wildman–Crippen LogP) is 10.0. The zero-order valence-electron chi connectivity index (χ0n) is 28.1. The normalized spacial score (nSPS) is 13.7. The molecule has 254 valence electrons. The topological polar surface area (TPSA) is 104 Å². The Morgan fingerprint density at radius 3 is 1.47 bits per heavy atom. The molecule has 0 aliphatic carbocycles. The molecule has 3 N–H and O–H groups in total. The highest BCUT2D eigenvalue weighted by atomic mass is 32.2. The summed E-state index contributed by atoms with van der Waals surface area (Å²) in [5.74, 6) is -0.996. The molecule has 2 atom stereocenters. The maximum Gasteiger partial charge on any atom is 0.267 e. The van der Waals surface area contributed by atoms with Gasteiger partial charge in [-0.2, -0.15) is 8.42 Å². The Bertz CT molecular complexity index is 781. The highest BCUT2D eigenvalue weighted by Crippen LogP contribution is 2.15. The molecular formula is C36H69NO5S. The van der Waals surface area contributed by atoms with Crippen LogP contribution in [0.3, 0.4) is 0 Å². The SMILES string of the molecule is CCCCCC/C=C/CC/C=C/C(O)C(CS(=O)(=O)O)NC(=O)CCCCCCCCCCCCCCCCCCCC. The largest absolute Gasteiger partial charge is 0.387 e. The van der Waals surface area contributed by atoms with Crippen molar-refractivity contribution in [3.8, 4) is 0 Å². The quantitative estimate of drug-likeness (QED) is 0.0391. The zero-order chi connectivity index (χ0) is 31.9. The van der Waals surface area contributed by atoms with Crippen LogP contribution in [0.5, 0.6) is 0 Å². The van der Waals surface area contributed by atoms with Crippen molar-refractivity contribution in [1.82, 2.24) is 5.32 Å². The van der Waals surface area contributed by atoms with Gasteiger partial charge in [-0.15, -0.1) is 0 Å². The Labute approximate surface area is 266 Å². The molecule has 43 heavy (non-hydrogen) atoms. The van der Waals surface area contributed by atoms with Crippen molar-refractivity contribution in [3.05, 3.63) is 24.3 Å². The fourth-order valence-electron chi connectivity index (χ4n) is 5.41. The Balaban J connectivity index is 3.92. The third-order valence-electron chi connectivity index (χ3n) is 8.13. The lowest BCUT2D eigenvalue weighted by atomic mass is 10.0. The van der Waals surface area contributed by atoms with Gasteiger partial charge in [-0.25, -0.2) is 0 Å². The van der Waals surface area contributed by atoms with Crippen molar-refractivity contribution in [2.45, 2.75) is 193 Å². The van der Waals surface area contributed by atoms with Gasteiger partial charge in [-0.3, -0.25) is 9.35 Å². The van der Waals surface area contributed by atoms with Crippen LogP contribution in [-0.2, 0) is 14.9 Å². The first kappa shape index (κ1) is 41.8. The lowest BCUT2D eigenvalue weighted by Gasteiger charge is -2.21. The van der Waals surface area contributed by atoms with Crippen molar-refractivity contribution in [2.24, 2.45) is 0 Å². The standard InChI is InChI=1S/C36H69NO5S/c1-3-5-7-9-11-13-15-16-17-18-19-20-21-22-24-26-28-30-32-36(39)37-34(33-43(40,41)42)35(38)31-29-27-25-23-14-12-10-8-6-4-2/h14,23,29,31,34-35,38H,3-13,15-22,24-28,30,32-33H2,1-2H3,(H,37,39)(H,40,41,42)/b23-14+,31-29+. The molecule has 7 heteroatoms. The fraction of sp³-hybridized carbons (Fsp3) is 0.861. The average Bonchev–Trinajstić information content (AvgIpc) is 2.96. The number of unbranched alkanes of at least 4 members (excludes halogenated alkanes) is 22. The Hall–Kier alpha value is -1.18. The molecule has 0 spiro atoms. The van der Waals surface area contributed by atoms with Crippen molar-refractivity contribution in [1.29, 1.82) is 0 Å². The first-order valence-corrected chi connectivity index (χ1v) is 19.6. The molecule has 0 aromatic carbocycles. The van der Waals surface area contributed by atoms with Crippen LogP contribution in [-0.4, -0.2) is 41.9 Å². The van der Waals surface area contributed by atoms with E-state index in [1.54, 1.807) is 6.08 Å². The number of hydrogen-bond donors (Lipinski definition) is 3.